The molecule has 0 aliphatic carbocycles. The largest absolute Gasteiger partial charge is 0.394 e. The molecule has 11 heteroatoms. The lowest BCUT2D eigenvalue weighted by Crippen LogP contribution is -2.58. The summed E-state index contributed by atoms with van der Waals surface area (Å²) in [6, 6.07) is 7.21. The molecule has 2 aliphatic heterocycles. The standard InChI is InChI=1S/C26H37N7O4/c1-17(27-2)24(35)28-20-11-7-6-10-19-12-13-22(33(19)26(20)37)25(36)29-23(18-8-4-3-5-9-18)21-16-32(14-15-34)31-30-21/h3-5,8-9,16-17,19-20,22-23,27,34H,6-7,10-15H2,1-2H3,(H,28,35)(H,29,36)/t17-,19-,20-,22-,23-/m0/s1. The van der Waals surface area contributed by atoms with Crippen LogP contribution in [-0.2, 0) is 20.9 Å². The highest BCUT2D eigenvalue weighted by atomic mass is 16.3. The smallest absolute Gasteiger partial charge is 0.246 e. The van der Waals surface area contributed by atoms with Crippen LogP contribution in [0, 0.1) is 0 Å². The first kappa shape index (κ1) is 26.7. The molecule has 4 N–H and O–H groups in total. The van der Waals surface area contributed by atoms with E-state index >= 15 is 0 Å². The van der Waals surface area contributed by atoms with Gasteiger partial charge in [0.15, 0.2) is 0 Å². The van der Waals surface area contributed by atoms with E-state index in [1.165, 1.54) is 4.68 Å². The van der Waals surface area contributed by atoms with E-state index in [0.29, 0.717) is 25.1 Å². The lowest BCUT2D eigenvalue weighted by atomic mass is 9.98. The summed E-state index contributed by atoms with van der Waals surface area (Å²) in [5.74, 6) is -0.673. The highest BCUT2D eigenvalue weighted by Gasteiger charge is 2.44. The molecule has 5 atom stereocenters. The first-order valence-electron chi connectivity index (χ1n) is 13.1. The van der Waals surface area contributed by atoms with Gasteiger partial charge in [-0.2, -0.15) is 0 Å². The Kier molecular flexibility index (Phi) is 8.88. The van der Waals surface area contributed by atoms with Gasteiger partial charge >= 0.3 is 0 Å². The Morgan fingerprint density at radius 1 is 1.14 bits per heavy atom. The summed E-state index contributed by atoms with van der Waals surface area (Å²) in [5.41, 5.74) is 1.39. The number of amides is 3. The second kappa shape index (κ2) is 12.3. The maximum absolute atomic E-state index is 13.7. The molecule has 3 amide bonds. The number of hydrogen-bond donors (Lipinski definition) is 4. The van der Waals surface area contributed by atoms with Gasteiger partial charge in [-0.1, -0.05) is 48.4 Å². The molecule has 2 saturated heterocycles. The molecule has 37 heavy (non-hydrogen) atoms. The Bertz CT molecular complexity index is 1080. The Balaban J connectivity index is 1.56. The Hall–Kier alpha value is -3.31. The van der Waals surface area contributed by atoms with Crippen LogP contribution in [0.1, 0.15) is 62.7 Å². The number of nitrogens with zero attached hydrogens (tertiary/aromatic N) is 4. The molecule has 2 aromatic rings. The van der Waals surface area contributed by atoms with Crippen LogP contribution < -0.4 is 16.0 Å². The number of rotatable bonds is 9. The fraction of sp³-hybridized carbons (Fsp3) is 0.577. The summed E-state index contributed by atoms with van der Waals surface area (Å²) in [7, 11) is 1.70. The fourth-order valence-corrected chi connectivity index (χ4v) is 5.22. The average Bonchev–Trinajstić information content (AvgIpc) is 3.55. The molecule has 0 radical (unpaired) electrons. The SMILES string of the molecule is CN[C@@H](C)C(=O)N[C@H]1CCCC[C@H]2CC[C@@H](C(=O)N[C@@H](c3ccccc3)c3cn(CCO)nn3)N2C1=O. The third-order valence-electron chi connectivity index (χ3n) is 7.38. The van der Waals surface area contributed by atoms with Gasteiger partial charge in [0.25, 0.3) is 0 Å². The Morgan fingerprint density at radius 3 is 2.62 bits per heavy atom. The molecule has 11 nitrogen and oxygen atoms in total. The van der Waals surface area contributed by atoms with Crippen molar-refractivity contribution in [3.63, 3.8) is 0 Å². The van der Waals surface area contributed by atoms with Gasteiger partial charge < -0.3 is 26.0 Å². The van der Waals surface area contributed by atoms with Crippen LogP contribution in [0.15, 0.2) is 36.5 Å². The average molecular weight is 512 g/mol. The summed E-state index contributed by atoms with van der Waals surface area (Å²) in [6.45, 7) is 1.98. The molecular formula is C26H37N7O4. The van der Waals surface area contributed by atoms with Crippen molar-refractivity contribution in [3.05, 3.63) is 47.8 Å². The van der Waals surface area contributed by atoms with E-state index in [9.17, 15) is 19.5 Å². The van der Waals surface area contributed by atoms with Crippen molar-refractivity contribution in [2.45, 2.75) is 82.2 Å². The van der Waals surface area contributed by atoms with Crippen LogP contribution in [0.4, 0.5) is 0 Å². The van der Waals surface area contributed by atoms with Gasteiger partial charge in [-0.25, -0.2) is 4.68 Å². The predicted octanol–water partition coefficient (Wildman–Crippen LogP) is 0.502. The van der Waals surface area contributed by atoms with Crippen LogP contribution in [0.3, 0.4) is 0 Å². The first-order chi connectivity index (χ1) is 17.9. The molecule has 1 aromatic carbocycles. The highest BCUT2D eigenvalue weighted by Crippen LogP contribution is 2.32. The number of carbonyl (C=O) groups excluding carboxylic acids is 3. The molecule has 0 spiro atoms. The zero-order valence-electron chi connectivity index (χ0n) is 21.5. The molecule has 0 bridgehead atoms. The monoisotopic (exact) mass is 511 g/mol. The number of aromatic nitrogens is 3. The van der Waals surface area contributed by atoms with Crippen molar-refractivity contribution in [1.82, 2.24) is 35.8 Å². The summed E-state index contributed by atoms with van der Waals surface area (Å²) in [4.78, 5) is 41.7. The first-order valence-corrected chi connectivity index (χ1v) is 13.1. The minimum Gasteiger partial charge on any atom is -0.394 e. The molecule has 200 valence electrons. The molecular weight excluding hydrogens is 474 g/mol. The van der Waals surface area contributed by atoms with E-state index in [-0.39, 0.29) is 30.4 Å². The van der Waals surface area contributed by atoms with Gasteiger partial charge in [-0.05, 0) is 45.2 Å². The van der Waals surface area contributed by atoms with E-state index in [1.807, 2.05) is 30.3 Å². The van der Waals surface area contributed by atoms with Gasteiger partial charge in [0.05, 0.1) is 31.4 Å². The van der Waals surface area contributed by atoms with Crippen LogP contribution in [-0.4, -0.2) is 80.5 Å². The highest BCUT2D eigenvalue weighted by molar-refractivity contribution is 5.94. The summed E-state index contributed by atoms with van der Waals surface area (Å²) in [6.07, 6.45) is 6.22. The van der Waals surface area contributed by atoms with Gasteiger partial charge in [-0.3, -0.25) is 14.4 Å². The third-order valence-corrected chi connectivity index (χ3v) is 7.38. The van der Waals surface area contributed by atoms with Gasteiger partial charge in [0.2, 0.25) is 17.7 Å². The normalized spacial score (nSPS) is 23.5. The van der Waals surface area contributed by atoms with Crippen LogP contribution >= 0.6 is 0 Å². The van der Waals surface area contributed by atoms with Gasteiger partial charge in [0, 0.05) is 6.04 Å². The number of fused-ring (bicyclic) bond motifs is 1. The van der Waals surface area contributed by atoms with Crippen molar-refractivity contribution < 1.29 is 19.5 Å². The number of likely N-dealkylation sites (N-methyl/N-ethyl adjacent to an activating group) is 1. The van der Waals surface area contributed by atoms with E-state index in [0.717, 1.165) is 31.2 Å². The molecule has 0 saturated carbocycles. The zero-order valence-corrected chi connectivity index (χ0v) is 21.5. The van der Waals surface area contributed by atoms with E-state index < -0.39 is 24.2 Å². The number of hydrogen-bond acceptors (Lipinski definition) is 7. The summed E-state index contributed by atoms with van der Waals surface area (Å²) >= 11 is 0. The van der Waals surface area contributed by atoms with Gasteiger partial charge in [0.1, 0.15) is 17.8 Å². The van der Waals surface area contributed by atoms with E-state index in [4.69, 9.17) is 0 Å². The van der Waals surface area contributed by atoms with E-state index in [2.05, 4.69) is 26.3 Å². The fourth-order valence-electron chi connectivity index (χ4n) is 5.22. The van der Waals surface area contributed by atoms with Crippen LogP contribution in [0.5, 0.6) is 0 Å². The van der Waals surface area contributed by atoms with Gasteiger partial charge in [-0.15, -0.1) is 5.10 Å². The number of carbonyl (C=O) groups is 3. The maximum atomic E-state index is 13.7. The molecule has 3 heterocycles. The Labute approximate surface area is 217 Å². The predicted molar refractivity (Wildman–Crippen MR) is 136 cm³/mol. The number of aliphatic hydroxyl groups excluding tert-OH is 1. The van der Waals surface area contributed by atoms with Crippen molar-refractivity contribution in [3.8, 4) is 0 Å². The zero-order chi connectivity index (χ0) is 26.4. The summed E-state index contributed by atoms with van der Waals surface area (Å²) < 4.78 is 1.53. The number of aliphatic hydroxyl groups is 1. The quantitative estimate of drug-likeness (QED) is 0.384. The van der Waals surface area contributed by atoms with Crippen LogP contribution in [0.25, 0.3) is 0 Å². The van der Waals surface area contributed by atoms with Crippen molar-refractivity contribution in [2.24, 2.45) is 0 Å². The molecule has 2 aliphatic rings. The van der Waals surface area contributed by atoms with Crippen molar-refractivity contribution in [1.29, 1.82) is 0 Å². The third kappa shape index (κ3) is 6.16. The minimum absolute atomic E-state index is 0.0229. The van der Waals surface area contributed by atoms with Crippen molar-refractivity contribution in [2.75, 3.05) is 13.7 Å². The maximum Gasteiger partial charge on any atom is 0.246 e. The van der Waals surface area contributed by atoms with Crippen molar-refractivity contribution >= 4 is 17.7 Å². The molecule has 1 aromatic heterocycles. The lowest BCUT2D eigenvalue weighted by Gasteiger charge is -2.36. The molecule has 2 fully saturated rings. The minimum atomic E-state index is -0.650. The Morgan fingerprint density at radius 2 is 1.89 bits per heavy atom. The number of nitrogens with one attached hydrogen (secondary N) is 3. The molecule has 0 unspecified atom stereocenters. The lowest BCUT2D eigenvalue weighted by molar-refractivity contribution is -0.144. The van der Waals surface area contributed by atoms with E-state index in [1.54, 1.807) is 25.1 Å². The second-order valence-corrected chi connectivity index (χ2v) is 9.83. The summed E-state index contributed by atoms with van der Waals surface area (Å²) in [5, 5.41) is 26.5. The number of benzene rings is 1. The second-order valence-electron chi connectivity index (χ2n) is 9.83. The van der Waals surface area contributed by atoms with Crippen LogP contribution in [0.2, 0.25) is 0 Å². The molecule has 4 rings (SSSR count). The topological polar surface area (TPSA) is 141 Å².